The molecular formula is C10H14OS. The van der Waals surface area contributed by atoms with Crippen molar-refractivity contribution in [3.05, 3.63) is 22.4 Å². The Bertz CT molecular complexity index is 238. The van der Waals surface area contributed by atoms with E-state index in [-0.39, 0.29) is 5.92 Å². The molecule has 1 rings (SSSR count). The van der Waals surface area contributed by atoms with Gasteiger partial charge in [0, 0.05) is 5.92 Å². The summed E-state index contributed by atoms with van der Waals surface area (Å²) in [5, 5.41) is 4.17. The van der Waals surface area contributed by atoms with E-state index < -0.39 is 0 Å². The molecule has 1 atom stereocenters. The fraction of sp³-hybridized carbons (Fsp3) is 0.500. The smallest absolute Gasteiger partial charge is 0.133 e. The molecule has 12 heavy (non-hydrogen) atoms. The topological polar surface area (TPSA) is 17.1 Å². The van der Waals surface area contributed by atoms with Crippen LogP contribution in [-0.2, 0) is 11.2 Å². The number of thiophene rings is 1. The summed E-state index contributed by atoms with van der Waals surface area (Å²) in [6.07, 6.45) is 1.86. The summed E-state index contributed by atoms with van der Waals surface area (Å²) in [7, 11) is 0. The van der Waals surface area contributed by atoms with Gasteiger partial charge >= 0.3 is 0 Å². The maximum absolute atomic E-state index is 11.1. The fourth-order valence-corrected chi connectivity index (χ4v) is 1.95. The Morgan fingerprint density at radius 2 is 2.42 bits per heavy atom. The van der Waals surface area contributed by atoms with Gasteiger partial charge in [-0.1, -0.05) is 6.92 Å². The van der Waals surface area contributed by atoms with E-state index in [2.05, 4.69) is 23.8 Å². The standard InChI is InChI=1S/C10H14OS/c1-3-10(8(2)11)6-9-4-5-12-7-9/h4-5,7,10H,3,6H2,1-2H3. The van der Waals surface area contributed by atoms with Crippen LogP contribution in [0.3, 0.4) is 0 Å². The molecule has 1 nitrogen and oxygen atoms in total. The van der Waals surface area contributed by atoms with Gasteiger partial charge in [-0.05, 0) is 42.2 Å². The van der Waals surface area contributed by atoms with Gasteiger partial charge in [0.1, 0.15) is 5.78 Å². The van der Waals surface area contributed by atoms with Crippen molar-refractivity contribution in [1.82, 2.24) is 0 Å². The van der Waals surface area contributed by atoms with Crippen LogP contribution in [-0.4, -0.2) is 5.78 Å². The normalized spacial score (nSPS) is 12.8. The molecule has 0 aliphatic carbocycles. The number of hydrogen-bond acceptors (Lipinski definition) is 2. The predicted octanol–water partition coefficient (Wildman–Crippen LogP) is 2.91. The highest BCUT2D eigenvalue weighted by molar-refractivity contribution is 7.07. The second-order valence-electron chi connectivity index (χ2n) is 3.05. The molecule has 0 aromatic carbocycles. The van der Waals surface area contributed by atoms with Crippen LogP contribution in [0.4, 0.5) is 0 Å². The Hall–Kier alpha value is -0.630. The summed E-state index contributed by atoms with van der Waals surface area (Å²) in [6, 6.07) is 2.09. The third-order valence-corrected chi connectivity index (χ3v) is 2.86. The van der Waals surface area contributed by atoms with Gasteiger partial charge in [-0.25, -0.2) is 0 Å². The van der Waals surface area contributed by atoms with Crippen molar-refractivity contribution in [3.8, 4) is 0 Å². The number of rotatable bonds is 4. The minimum atomic E-state index is 0.222. The number of carbonyl (C=O) groups excluding carboxylic acids is 1. The van der Waals surface area contributed by atoms with Crippen molar-refractivity contribution in [3.63, 3.8) is 0 Å². The van der Waals surface area contributed by atoms with Crippen molar-refractivity contribution in [1.29, 1.82) is 0 Å². The quantitative estimate of drug-likeness (QED) is 0.699. The van der Waals surface area contributed by atoms with E-state index in [1.54, 1.807) is 18.3 Å². The lowest BCUT2D eigenvalue weighted by Gasteiger charge is -2.08. The number of ketones is 1. The largest absolute Gasteiger partial charge is 0.300 e. The van der Waals surface area contributed by atoms with Crippen molar-refractivity contribution >= 4 is 17.1 Å². The molecule has 0 radical (unpaired) electrons. The first-order valence-electron chi connectivity index (χ1n) is 4.25. The van der Waals surface area contributed by atoms with Crippen LogP contribution < -0.4 is 0 Å². The Morgan fingerprint density at radius 3 is 2.83 bits per heavy atom. The van der Waals surface area contributed by atoms with Gasteiger partial charge in [0.2, 0.25) is 0 Å². The van der Waals surface area contributed by atoms with Crippen LogP contribution in [0.25, 0.3) is 0 Å². The van der Waals surface area contributed by atoms with Crippen LogP contribution in [0.1, 0.15) is 25.8 Å². The summed E-state index contributed by atoms with van der Waals surface area (Å²) in [5.41, 5.74) is 1.29. The molecule has 0 aliphatic rings. The lowest BCUT2D eigenvalue weighted by molar-refractivity contribution is -0.120. The average molecular weight is 182 g/mol. The Balaban J connectivity index is 2.54. The van der Waals surface area contributed by atoms with E-state index in [0.717, 1.165) is 12.8 Å². The lowest BCUT2D eigenvalue weighted by Crippen LogP contribution is -2.12. The molecule has 0 spiro atoms. The van der Waals surface area contributed by atoms with E-state index in [1.807, 2.05) is 0 Å². The molecule has 1 unspecified atom stereocenters. The summed E-state index contributed by atoms with van der Waals surface area (Å²) in [4.78, 5) is 11.1. The van der Waals surface area contributed by atoms with E-state index >= 15 is 0 Å². The molecular weight excluding hydrogens is 168 g/mol. The molecule has 2 heteroatoms. The Morgan fingerprint density at radius 1 is 1.67 bits per heavy atom. The molecule has 0 bridgehead atoms. The number of hydrogen-bond donors (Lipinski definition) is 0. The summed E-state index contributed by atoms with van der Waals surface area (Å²) < 4.78 is 0. The lowest BCUT2D eigenvalue weighted by atomic mass is 9.95. The van der Waals surface area contributed by atoms with E-state index in [1.165, 1.54) is 5.56 Å². The van der Waals surface area contributed by atoms with Crippen LogP contribution in [0.5, 0.6) is 0 Å². The zero-order valence-corrected chi connectivity index (χ0v) is 8.36. The van der Waals surface area contributed by atoms with Gasteiger partial charge in [0.15, 0.2) is 0 Å². The molecule has 0 N–H and O–H groups in total. The van der Waals surface area contributed by atoms with Gasteiger partial charge < -0.3 is 0 Å². The molecule has 0 saturated carbocycles. The van der Waals surface area contributed by atoms with Crippen molar-refractivity contribution in [2.45, 2.75) is 26.7 Å². The Kier molecular flexibility index (Phi) is 3.48. The molecule has 0 aliphatic heterocycles. The van der Waals surface area contributed by atoms with Crippen molar-refractivity contribution in [2.75, 3.05) is 0 Å². The molecule has 0 amide bonds. The molecule has 0 fully saturated rings. The van der Waals surface area contributed by atoms with Crippen LogP contribution in [0.2, 0.25) is 0 Å². The van der Waals surface area contributed by atoms with E-state index in [9.17, 15) is 4.79 Å². The summed E-state index contributed by atoms with van der Waals surface area (Å²) in [6.45, 7) is 3.75. The van der Waals surface area contributed by atoms with Gasteiger partial charge in [-0.15, -0.1) is 0 Å². The second kappa shape index (κ2) is 4.41. The monoisotopic (exact) mass is 182 g/mol. The zero-order chi connectivity index (χ0) is 8.97. The third-order valence-electron chi connectivity index (χ3n) is 2.13. The highest BCUT2D eigenvalue weighted by atomic mass is 32.1. The predicted molar refractivity (Wildman–Crippen MR) is 52.5 cm³/mol. The van der Waals surface area contributed by atoms with Crippen molar-refractivity contribution in [2.24, 2.45) is 5.92 Å². The SMILES string of the molecule is CCC(Cc1ccsc1)C(C)=O. The van der Waals surface area contributed by atoms with Crippen molar-refractivity contribution < 1.29 is 4.79 Å². The average Bonchev–Trinajstić information content (AvgIpc) is 2.51. The first-order chi connectivity index (χ1) is 5.74. The number of Topliss-reactive ketones (excluding diaryl/α,β-unsaturated/α-hetero) is 1. The molecule has 1 aromatic heterocycles. The van der Waals surface area contributed by atoms with E-state index in [0.29, 0.717) is 5.78 Å². The van der Waals surface area contributed by atoms with Gasteiger partial charge in [0.25, 0.3) is 0 Å². The van der Waals surface area contributed by atoms with Crippen LogP contribution >= 0.6 is 11.3 Å². The van der Waals surface area contributed by atoms with Crippen LogP contribution in [0.15, 0.2) is 16.8 Å². The first kappa shape index (κ1) is 9.46. The van der Waals surface area contributed by atoms with Gasteiger partial charge in [-0.2, -0.15) is 11.3 Å². The second-order valence-corrected chi connectivity index (χ2v) is 3.83. The van der Waals surface area contributed by atoms with Gasteiger partial charge in [0.05, 0.1) is 0 Å². The molecule has 1 aromatic rings. The molecule has 0 saturated heterocycles. The van der Waals surface area contributed by atoms with E-state index in [4.69, 9.17) is 0 Å². The number of carbonyl (C=O) groups is 1. The molecule has 66 valence electrons. The molecule has 1 heterocycles. The summed E-state index contributed by atoms with van der Waals surface area (Å²) in [5.74, 6) is 0.531. The fourth-order valence-electron chi connectivity index (χ4n) is 1.27. The summed E-state index contributed by atoms with van der Waals surface area (Å²) >= 11 is 1.69. The maximum Gasteiger partial charge on any atom is 0.133 e. The Labute approximate surface area is 77.4 Å². The minimum Gasteiger partial charge on any atom is -0.300 e. The van der Waals surface area contributed by atoms with Crippen LogP contribution in [0, 0.1) is 5.92 Å². The zero-order valence-electron chi connectivity index (χ0n) is 7.54. The first-order valence-corrected chi connectivity index (χ1v) is 5.19. The highest BCUT2D eigenvalue weighted by Gasteiger charge is 2.11. The van der Waals surface area contributed by atoms with Gasteiger partial charge in [-0.3, -0.25) is 4.79 Å². The third kappa shape index (κ3) is 2.45. The highest BCUT2D eigenvalue weighted by Crippen LogP contribution is 2.15. The minimum absolute atomic E-state index is 0.222. The maximum atomic E-state index is 11.1.